The molecule has 0 fully saturated rings. The van der Waals surface area contributed by atoms with Crippen LogP contribution in [0.3, 0.4) is 0 Å². The SMILES string of the molecule is CN(C)S(=O)(=O)NCc1nc(C(C)(C)C)cs1. The molecule has 7 heteroatoms. The highest BCUT2D eigenvalue weighted by Crippen LogP contribution is 2.23. The van der Waals surface area contributed by atoms with Crippen molar-refractivity contribution in [1.29, 1.82) is 0 Å². The highest BCUT2D eigenvalue weighted by Gasteiger charge is 2.18. The van der Waals surface area contributed by atoms with E-state index >= 15 is 0 Å². The number of hydrogen-bond donors (Lipinski definition) is 1. The van der Waals surface area contributed by atoms with Crippen molar-refractivity contribution in [1.82, 2.24) is 14.0 Å². The van der Waals surface area contributed by atoms with E-state index in [2.05, 4.69) is 30.5 Å². The Hall–Kier alpha value is -0.500. The fourth-order valence-corrected chi connectivity index (χ4v) is 2.65. The molecule has 0 amide bonds. The quantitative estimate of drug-likeness (QED) is 0.903. The first-order valence-electron chi connectivity index (χ1n) is 5.25. The molecule has 0 aromatic carbocycles. The minimum absolute atomic E-state index is 0.00479. The number of nitrogens with zero attached hydrogens (tertiary/aromatic N) is 2. The average molecular weight is 277 g/mol. The summed E-state index contributed by atoms with van der Waals surface area (Å²) in [6.45, 7) is 6.47. The van der Waals surface area contributed by atoms with Crippen LogP contribution in [0.15, 0.2) is 5.38 Å². The summed E-state index contributed by atoms with van der Waals surface area (Å²) < 4.78 is 26.6. The molecule has 0 aliphatic rings. The maximum atomic E-state index is 11.5. The topological polar surface area (TPSA) is 62.3 Å². The molecule has 0 bridgehead atoms. The first-order chi connectivity index (χ1) is 7.63. The zero-order chi connectivity index (χ0) is 13.3. The molecule has 1 aromatic rings. The minimum atomic E-state index is -3.37. The van der Waals surface area contributed by atoms with Crippen LogP contribution in [0.25, 0.3) is 0 Å². The molecule has 0 unspecified atom stereocenters. The average Bonchev–Trinajstić information content (AvgIpc) is 2.62. The lowest BCUT2D eigenvalue weighted by molar-refractivity contribution is 0.505. The van der Waals surface area contributed by atoms with E-state index in [9.17, 15) is 8.42 Å². The third-order valence-electron chi connectivity index (χ3n) is 2.21. The Kier molecular flexibility index (Phi) is 4.29. The van der Waals surface area contributed by atoms with Crippen molar-refractivity contribution < 1.29 is 8.42 Å². The molecule has 0 saturated carbocycles. The van der Waals surface area contributed by atoms with Crippen LogP contribution in [0, 0.1) is 0 Å². The van der Waals surface area contributed by atoms with Gasteiger partial charge in [0.15, 0.2) is 0 Å². The van der Waals surface area contributed by atoms with Crippen LogP contribution in [0.1, 0.15) is 31.5 Å². The van der Waals surface area contributed by atoms with E-state index in [1.165, 1.54) is 25.4 Å². The van der Waals surface area contributed by atoms with Gasteiger partial charge >= 0.3 is 0 Å². The van der Waals surface area contributed by atoms with Crippen molar-refractivity contribution in [3.05, 3.63) is 16.1 Å². The Labute approximate surface area is 107 Å². The van der Waals surface area contributed by atoms with Crippen molar-refractivity contribution in [3.8, 4) is 0 Å². The number of nitrogens with one attached hydrogen (secondary N) is 1. The summed E-state index contributed by atoms with van der Waals surface area (Å²) in [5.41, 5.74) is 0.983. The molecule has 0 spiro atoms. The molecular formula is C10H19N3O2S2. The lowest BCUT2D eigenvalue weighted by Crippen LogP contribution is -2.35. The zero-order valence-corrected chi connectivity index (χ0v) is 12.4. The van der Waals surface area contributed by atoms with Gasteiger partial charge in [0.05, 0.1) is 12.2 Å². The van der Waals surface area contributed by atoms with Gasteiger partial charge in [-0.2, -0.15) is 17.4 Å². The highest BCUT2D eigenvalue weighted by molar-refractivity contribution is 7.87. The van der Waals surface area contributed by atoms with Crippen molar-refractivity contribution in [2.75, 3.05) is 14.1 Å². The molecule has 1 N–H and O–H groups in total. The van der Waals surface area contributed by atoms with Crippen LogP contribution in [-0.2, 0) is 22.2 Å². The Balaban J connectivity index is 2.69. The molecular weight excluding hydrogens is 258 g/mol. The number of aromatic nitrogens is 1. The normalized spacial score (nSPS) is 13.3. The summed E-state index contributed by atoms with van der Waals surface area (Å²) in [7, 11) is -0.391. The zero-order valence-electron chi connectivity index (χ0n) is 10.8. The van der Waals surface area contributed by atoms with E-state index in [1.54, 1.807) is 0 Å². The lowest BCUT2D eigenvalue weighted by Gasteiger charge is -2.14. The van der Waals surface area contributed by atoms with E-state index < -0.39 is 10.2 Å². The van der Waals surface area contributed by atoms with E-state index in [-0.39, 0.29) is 12.0 Å². The van der Waals surface area contributed by atoms with Gasteiger partial charge in [-0.1, -0.05) is 20.8 Å². The largest absolute Gasteiger partial charge is 0.279 e. The number of rotatable bonds is 4. The highest BCUT2D eigenvalue weighted by atomic mass is 32.2. The summed E-state index contributed by atoms with van der Waals surface area (Å²) in [4.78, 5) is 4.42. The standard InChI is InChI=1S/C10H19N3O2S2/c1-10(2,3)8-7-16-9(12-8)6-11-17(14,15)13(4)5/h7,11H,6H2,1-5H3. The van der Waals surface area contributed by atoms with Crippen LogP contribution in [0.5, 0.6) is 0 Å². The van der Waals surface area contributed by atoms with Crippen LogP contribution in [0.2, 0.25) is 0 Å². The second-order valence-electron chi connectivity index (χ2n) is 4.99. The maximum Gasteiger partial charge on any atom is 0.279 e. The third-order valence-corrected chi connectivity index (χ3v) is 4.53. The summed E-state index contributed by atoms with van der Waals surface area (Å²) in [5.74, 6) is 0. The first kappa shape index (κ1) is 14.6. The molecule has 0 atom stereocenters. The molecule has 1 heterocycles. The molecule has 0 radical (unpaired) electrons. The second-order valence-corrected chi connectivity index (χ2v) is 7.90. The number of hydrogen-bond acceptors (Lipinski definition) is 4. The van der Waals surface area contributed by atoms with Gasteiger partial charge in [-0.3, -0.25) is 0 Å². The third kappa shape index (κ3) is 4.02. The van der Waals surface area contributed by atoms with Crippen molar-refractivity contribution >= 4 is 21.5 Å². The van der Waals surface area contributed by atoms with E-state index in [4.69, 9.17) is 0 Å². The molecule has 17 heavy (non-hydrogen) atoms. The van der Waals surface area contributed by atoms with Crippen molar-refractivity contribution in [2.45, 2.75) is 32.7 Å². The van der Waals surface area contributed by atoms with Gasteiger partial charge in [0.1, 0.15) is 5.01 Å². The predicted octanol–water partition coefficient (Wildman–Crippen LogP) is 1.34. The fraction of sp³-hybridized carbons (Fsp3) is 0.700. The Bertz CT molecular complexity index is 472. The van der Waals surface area contributed by atoms with Gasteiger partial charge in [0.25, 0.3) is 10.2 Å². The van der Waals surface area contributed by atoms with Crippen molar-refractivity contribution in [2.24, 2.45) is 0 Å². The molecule has 0 aliphatic carbocycles. The van der Waals surface area contributed by atoms with Crippen LogP contribution >= 0.6 is 11.3 Å². The summed E-state index contributed by atoms with van der Waals surface area (Å²) in [6.07, 6.45) is 0. The van der Waals surface area contributed by atoms with Gasteiger partial charge < -0.3 is 0 Å². The van der Waals surface area contributed by atoms with E-state index in [0.717, 1.165) is 15.0 Å². The van der Waals surface area contributed by atoms with Gasteiger partial charge in [0.2, 0.25) is 0 Å². The second kappa shape index (κ2) is 5.01. The summed E-state index contributed by atoms with van der Waals surface area (Å²) >= 11 is 1.47. The van der Waals surface area contributed by atoms with Gasteiger partial charge in [-0.05, 0) is 0 Å². The summed E-state index contributed by atoms with van der Waals surface area (Å²) in [6, 6.07) is 0. The molecule has 0 saturated heterocycles. The smallest absolute Gasteiger partial charge is 0.244 e. The minimum Gasteiger partial charge on any atom is -0.244 e. The van der Waals surface area contributed by atoms with Crippen LogP contribution < -0.4 is 4.72 Å². The Morgan fingerprint density at radius 2 is 2.00 bits per heavy atom. The number of thiazole rings is 1. The first-order valence-corrected chi connectivity index (χ1v) is 7.57. The van der Waals surface area contributed by atoms with Crippen LogP contribution in [-0.4, -0.2) is 31.8 Å². The van der Waals surface area contributed by atoms with Crippen LogP contribution in [0.4, 0.5) is 0 Å². The molecule has 98 valence electrons. The Morgan fingerprint density at radius 1 is 1.41 bits per heavy atom. The van der Waals surface area contributed by atoms with Gasteiger partial charge in [-0.25, -0.2) is 4.98 Å². The van der Waals surface area contributed by atoms with Gasteiger partial charge in [0, 0.05) is 24.9 Å². The molecule has 5 nitrogen and oxygen atoms in total. The maximum absolute atomic E-state index is 11.5. The molecule has 0 aliphatic heterocycles. The summed E-state index contributed by atoms with van der Waals surface area (Å²) in [5, 5.41) is 2.75. The predicted molar refractivity (Wildman–Crippen MR) is 70.3 cm³/mol. The Morgan fingerprint density at radius 3 is 2.41 bits per heavy atom. The lowest BCUT2D eigenvalue weighted by atomic mass is 9.93. The van der Waals surface area contributed by atoms with Crippen molar-refractivity contribution in [3.63, 3.8) is 0 Å². The van der Waals surface area contributed by atoms with E-state index in [1.807, 2.05) is 5.38 Å². The monoisotopic (exact) mass is 277 g/mol. The molecule has 1 aromatic heterocycles. The molecule has 1 rings (SSSR count). The van der Waals surface area contributed by atoms with Gasteiger partial charge in [-0.15, -0.1) is 11.3 Å². The fourth-order valence-electron chi connectivity index (χ4n) is 1.02. The van der Waals surface area contributed by atoms with E-state index in [0.29, 0.717) is 0 Å².